The highest BCUT2D eigenvalue weighted by molar-refractivity contribution is 6.17. The number of nitrogens with zero attached hydrogens (tertiary/aromatic N) is 1. The van der Waals surface area contributed by atoms with Gasteiger partial charge in [0, 0.05) is 38.2 Å². The Morgan fingerprint density at radius 1 is 0.397 bits per heavy atom. The first-order chi connectivity index (χ1) is 28.5. The number of anilines is 3. The number of rotatable bonds is 5. The second-order valence-electron chi connectivity index (χ2n) is 16.1. The molecule has 274 valence electrons. The summed E-state index contributed by atoms with van der Waals surface area (Å²) < 4.78 is 12.8. The number of fused-ring (bicyclic) bond motifs is 10. The highest BCUT2D eigenvalue weighted by atomic mass is 16.3. The molecule has 1 aliphatic rings. The molecule has 0 amide bonds. The van der Waals surface area contributed by atoms with E-state index in [2.05, 4.69) is 195 Å². The molecule has 58 heavy (non-hydrogen) atoms. The second-order valence-corrected chi connectivity index (χ2v) is 16.1. The Balaban J connectivity index is 1.08. The van der Waals surface area contributed by atoms with E-state index in [9.17, 15) is 0 Å². The summed E-state index contributed by atoms with van der Waals surface area (Å²) in [4.78, 5) is 2.48. The minimum atomic E-state index is -0.222. The molecule has 3 heteroatoms. The SMILES string of the molecule is CC1(C)c2ccccc2-c2cccc(N(c3ccc(-c4ccc5oc6ccccc6c5c4)cc3)c3ccccc3-c3cccc4oc5cc6ccccc6cc5c34)c21. The van der Waals surface area contributed by atoms with Gasteiger partial charge in [-0.1, -0.05) is 141 Å². The molecule has 2 aromatic heterocycles. The first-order valence-electron chi connectivity index (χ1n) is 20.0. The van der Waals surface area contributed by atoms with Crippen molar-refractivity contribution >= 4 is 71.7 Å². The lowest BCUT2D eigenvalue weighted by molar-refractivity contribution is 0.661. The van der Waals surface area contributed by atoms with Crippen LogP contribution in [0.3, 0.4) is 0 Å². The van der Waals surface area contributed by atoms with Crippen LogP contribution in [0.4, 0.5) is 17.1 Å². The maximum absolute atomic E-state index is 6.60. The Morgan fingerprint density at radius 3 is 1.90 bits per heavy atom. The van der Waals surface area contributed by atoms with E-state index in [0.29, 0.717) is 0 Å². The third kappa shape index (κ3) is 4.80. The smallest absolute Gasteiger partial charge is 0.136 e. The summed E-state index contributed by atoms with van der Waals surface area (Å²) in [5, 5.41) is 6.88. The van der Waals surface area contributed by atoms with Crippen molar-refractivity contribution < 1.29 is 8.83 Å². The summed E-state index contributed by atoms with van der Waals surface area (Å²) in [5.74, 6) is 0. The van der Waals surface area contributed by atoms with Gasteiger partial charge < -0.3 is 13.7 Å². The van der Waals surface area contributed by atoms with Gasteiger partial charge in [-0.3, -0.25) is 0 Å². The molecule has 9 aromatic carbocycles. The van der Waals surface area contributed by atoms with E-state index >= 15 is 0 Å². The molecule has 2 heterocycles. The van der Waals surface area contributed by atoms with E-state index in [-0.39, 0.29) is 5.41 Å². The van der Waals surface area contributed by atoms with Crippen LogP contribution in [-0.2, 0) is 5.41 Å². The lowest BCUT2D eigenvalue weighted by Crippen LogP contribution is -2.21. The standard InChI is InChI=1S/C55H37NO2/c1-55(2)46-20-8-5-15-39(46)43-19-11-22-48(54(43)55)56(38-28-25-34(26-29-38)37-27-30-50-44(31-37)41-17-7-10-23-49(41)57-50)47-21-9-6-16-40(47)42-18-12-24-51-53(42)45-32-35-13-3-4-14-36(35)33-52(45)58-51/h3-33H,1-2H3. The molecule has 0 aliphatic heterocycles. The normalized spacial score (nSPS) is 13.1. The molecule has 3 nitrogen and oxygen atoms in total. The van der Waals surface area contributed by atoms with Crippen LogP contribution in [0.5, 0.6) is 0 Å². The van der Waals surface area contributed by atoms with Gasteiger partial charge in [0.1, 0.15) is 22.3 Å². The fraction of sp³-hybridized carbons (Fsp3) is 0.0545. The van der Waals surface area contributed by atoms with Gasteiger partial charge in [-0.15, -0.1) is 0 Å². The number of hydrogen-bond acceptors (Lipinski definition) is 3. The van der Waals surface area contributed by atoms with Crippen molar-refractivity contribution in [1.82, 2.24) is 0 Å². The Labute approximate surface area is 336 Å². The van der Waals surface area contributed by atoms with E-state index in [0.717, 1.165) is 77.5 Å². The highest BCUT2D eigenvalue weighted by Gasteiger charge is 2.39. The van der Waals surface area contributed by atoms with Gasteiger partial charge in [0.05, 0.1) is 11.4 Å². The second kappa shape index (κ2) is 12.3. The maximum atomic E-state index is 6.60. The monoisotopic (exact) mass is 743 g/mol. The summed E-state index contributed by atoms with van der Waals surface area (Å²) in [6.07, 6.45) is 0. The number of para-hydroxylation sites is 2. The summed E-state index contributed by atoms with van der Waals surface area (Å²) in [6, 6.07) is 67.8. The van der Waals surface area contributed by atoms with Crippen molar-refractivity contribution in [2.45, 2.75) is 19.3 Å². The zero-order valence-corrected chi connectivity index (χ0v) is 32.2. The Bertz CT molecular complexity index is 3440. The van der Waals surface area contributed by atoms with Crippen LogP contribution in [0.25, 0.3) is 88.0 Å². The molecule has 0 saturated heterocycles. The molecule has 0 fully saturated rings. The fourth-order valence-electron chi connectivity index (χ4n) is 9.75. The largest absolute Gasteiger partial charge is 0.456 e. The molecule has 11 aromatic rings. The van der Waals surface area contributed by atoms with Gasteiger partial charge in [-0.2, -0.15) is 0 Å². The predicted molar refractivity (Wildman–Crippen MR) is 242 cm³/mol. The lowest BCUT2D eigenvalue weighted by atomic mass is 9.81. The maximum Gasteiger partial charge on any atom is 0.136 e. The molecular formula is C55H37NO2. The first kappa shape index (κ1) is 32.8. The molecule has 0 bridgehead atoms. The van der Waals surface area contributed by atoms with Crippen molar-refractivity contribution in [3.8, 4) is 33.4 Å². The Morgan fingerprint density at radius 2 is 1.02 bits per heavy atom. The molecule has 0 saturated carbocycles. The third-order valence-electron chi connectivity index (χ3n) is 12.4. The topological polar surface area (TPSA) is 29.5 Å². The summed E-state index contributed by atoms with van der Waals surface area (Å²) in [5.41, 5.74) is 16.6. The van der Waals surface area contributed by atoms with Gasteiger partial charge >= 0.3 is 0 Å². The summed E-state index contributed by atoms with van der Waals surface area (Å²) >= 11 is 0. The van der Waals surface area contributed by atoms with Crippen LogP contribution in [0.15, 0.2) is 197 Å². The van der Waals surface area contributed by atoms with Crippen LogP contribution >= 0.6 is 0 Å². The van der Waals surface area contributed by atoms with Crippen molar-refractivity contribution in [3.63, 3.8) is 0 Å². The van der Waals surface area contributed by atoms with Crippen molar-refractivity contribution in [3.05, 3.63) is 199 Å². The molecule has 0 unspecified atom stereocenters. The number of hydrogen-bond donors (Lipinski definition) is 0. The average molecular weight is 744 g/mol. The van der Waals surface area contributed by atoms with Gasteiger partial charge in [-0.25, -0.2) is 0 Å². The van der Waals surface area contributed by atoms with E-state index < -0.39 is 0 Å². The third-order valence-corrected chi connectivity index (χ3v) is 12.4. The molecule has 0 radical (unpaired) electrons. The van der Waals surface area contributed by atoms with Crippen LogP contribution in [0, 0.1) is 0 Å². The van der Waals surface area contributed by atoms with Gasteiger partial charge in [0.2, 0.25) is 0 Å². The molecule has 0 atom stereocenters. The minimum Gasteiger partial charge on any atom is -0.456 e. The molecular weight excluding hydrogens is 707 g/mol. The Hall–Kier alpha value is -7.36. The number of benzene rings is 9. The molecule has 0 spiro atoms. The van der Waals surface area contributed by atoms with Crippen LogP contribution in [0.1, 0.15) is 25.0 Å². The fourth-order valence-corrected chi connectivity index (χ4v) is 9.75. The van der Waals surface area contributed by atoms with Gasteiger partial charge in [-0.05, 0) is 110 Å². The minimum absolute atomic E-state index is 0.222. The average Bonchev–Trinajstić information content (AvgIpc) is 3.90. The summed E-state index contributed by atoms with van der Waals surface area (Å²) in [7, 11) is 0. The highest BCUT2D eigenvalue weighted by Crippen LogP contribution is 2.55. The van der Waals surface area contributed by atoms with Gasteiger partial charge in [0.25, 0.3) is 0 Å². The van der Waals surface area contributed by atoms with Crippen molar-refractivity contribution in [1.29, 1.82) is 0 Å². The van der Waals surface area contributed by atoms with Crippen molar-refractivity contribution in [2.24, 2.45) is 0 Å². The van der Waals surface area contributed by atoms with Crippen molar-refractivity contribution in [2.75, 3.05) is 4.90 Å². The van der Waals surface area contributed by atoms with Crippen LogP contribution in [-0.4, -0.2) is 0 Å². The Kier molecular flexibility index (Phi) is 6.98. The summed E-state index contributed by atoms with van der Waals surface area (Å²) in [6.45, 7) is 4.74. The molecule has 1 aliphatic carbocycles. The first-order valence-corrected chi connectivity index (χ1v) is 20.0. The lowest BCUT2D eigenvalue weighted by Gasteiger charge is -2.33. The number of furan rings is 2. The molecule has 12 rings (SSSR count). The zero-order valence-electron chi connectivity index (χ0n) is 32.2. The van der Waals surface area contributed by atoms with E-state index in [1.165, 1.54) is 38.7 Å². The zero-order chi connectivity index (χ0) is 38.5. The van der Waals surface area contributed by atoms with E-state index in [1.54, 1.807) is 0 Å². The molecule has 0 N–H and O–H groups in total. The van der Waals surface area contributed by atoms with Crippen LogP contribution < -0.4 is 4.90 Å². The van der Waals surface area contributed by atoms with Crippen LogP contribution in [0.2, 0.25) is 0 Å². The van der Waals surface area contributed by atoms with E-state index in [4.69, 9.17) is 8.83 Å². The quantitative estimate of drug-likeness (QED) is 0.176. The van der Waals surface area contributed by atoms with Gasteiger partial charge in [0.15, 0.2) is 0 Å². The van der Waals surface area contributed by atoms with E-state index in [1.807, 2.05) is 12.1 Å². The predicted octanol–water partition coefficient (Wildman–Crippen LogP) is 15.7.